The van der Waals surface area contributed by atoms with E-state index in [0.29, 0.717) is 18.4 Å². The van der Waals surface area contributed by atoms with E-state index >= 15 is 0 Å². The molecule has 4 aliphatic rings. The number of hydrogen-bond acceptors (Lipinski definition) is 2. The Kier molecular flexibility index (Phi) is 3.47. The summed E-state index contributed by atoms with van der Waals surface area (Å²) in [4.78, 5) is 24.4. The van der Waals surface area contributed by atoms with Crippen molar-refractivity contribution < 1.29 is 14.7 Å². The number of carbonyl (C=O) groups excluding carboxylic acids is 1. The van der Waals surface area contributed by atoms with Crippen molar-refractivity contribution in [3.63, 3.8) is 0 Å². The van der Waals surface area contributed by atoms with E-state index in [0.717, 1.165) is 12.8 Å². The van der Waals surface area contributed by atoms with Crippen LogP contribution in [0.2, 0.25) is 0 Å². The first kappa shape index (κ1) is 14.5. The van der Waals surface area contributed by atoms with Gasteiger partial charge in [-0.2, -0.15) is 0 Å². The van der Waals surface area contributed by atoms with Gasteiger partial charge in [0.15, 0.2) is 0 Å². The van der Waals surface area contributed by atoms with Crippen LogP contribution in [0.25, 0.3) is 0 Å². The molecular weight excluding hydrogens is 290 g/mol. The molecule has 4 heteroatoms. The fourth-order valence-corrected chi connectivity index (χ4v) is 4.66. The number of benzene rings is 1. The lowest BCUT2D eigenvalue weighted by molar-refractivity contribution is -0.153. The van der Waals surface area contributed by atoms with Gasteiger partial charge in [0.05, 0.1) is 11.8 Å². The number of nitrogens with one attached hydrogen (secondary N) is 1. The summed E-state index contributed by atoms with van der Waals surface area (Å²) in [6.07, 6.45) is 6.00. The highest BCUT2D eigenvalue weighted by Gasteiger charge is 2.62. The van der Waals surface area contributed by atoms with Crippen LogP contribution in [0, 0.1) is 35.5 Å². The summed E-state index contributed by atoms with van der Waals surface area (Å²) < 4.78 is 0. The second kappa shape index (κ2) is 5.52. The lowest BCUT2D eigenvalue weighted by atomic mass is 9.62. The second-order valence-corrected chi connectivity index (χ2v) is 7.02. The molecule has 2 saturated carbocycles. The van der Waals surface area contributed by atoms with E-state index in [-0.39, 0.29) is 17.7 Å². The highest BCUT2D eigenvalue weighted by molar-refractivity contribution is 5.86. The van der Waals surface area contributed by atoms with Gasteiger partial charge in [0, 0.05) is 6.54 Å². The first-order valence-corrected chi connectivity index (χ1v) is 8.39. The van der Waals surface area contributed by atoms with Gasteiger partial charge in [0.2, 0.25) is 5.91 Å². The molecule has 2 fully saturated rings. The minimum atomic E-state index is -0.821. The molecular formula is C19H21NO3. The predicted octanol–water partition coefficient (Wildman–Crippen LogP) is 2.11. The van der Waals surface area contributed by atoms with E-state index < -0.39 is 17.8 Å². The Labute approximate surface area is 135 Å². The number of carboxylic acids is 1. The lowest BCUT2D eigenvalue weighted by Crippen LogP contribution is -2.50. The van der Waals surface area contributed by atoms with Gasteiger partial charge in [-0.3, -0.25) is 9.59 Å². The van der Waals surface area contributed by atoms with Crippen molar-refractivity contribution in [2.75, 3.05) is 6.54 Å². The molecule has 6 atom stereocenters. The van der Waals surface area contributed by atoms with E-state index in [1.165, 1.54) is 5.56 Å². The third-order valence-corrected chi connectivity index (χ3v) is 5.80. The van der Waals surface area contributed by atoms with E-state index in [9.17, 15) is 14.7 Å². The lowest BCUT2D eigenvalue weighted by Gasteiger charge is -2.41. The summed E-state index contributed by atoms with van der Waals surface area (Å²) in [5.74, 6) is -0.663. The molecule has 0 radical (unpaired) electrons. The number of aliphatic carboxylic acids is 1. The standard InChI is InChI=1S/C19H21NO3/c21-18(20-9-8-11-4-2-1-3-5-11)16-12-6-7-13(15-10-14(12)15)17(16)19(22)23/h1-7,12-17H,8-10H2,(H,20,21)(H,22,23)/t12-,13-,14-,15+,16-,17+/m0/s1. The van der Waals surface area contributed by atoms with Crippen LogP contribution in [0.3, 0.4) is 0 Å². The Balaban J connectivity index is 1.43. The first-order valence-electron chi connectivity index (χ1n) is 8.39. The van der Waals surface area contributed by atoms with E-state index in [4.69, 9.17) is 0 Å². The molecule has 0 saturated heterocycles. The molecule has 2 N–H and O–H groups in total. The molecule has 1 aromatic rings. The molecule has 1 aromatic carbocycles. The monoisotopic (exact) mass is 311 g/mol. The van der Waals surface area contributed by atoms with Gasteiger partial charge in [-0.15, -0.1) is 0 Å². The quantitative estimate of drug-likeness (QED) is 0.819. The Morgan fingerprint density at radius 1 is 1.04 bits per heavy atom. The summed E-state index contributed by atoms with van der Waals surface area (Å²) in [6, 6.07) is 10.0. The summed E-state index contributed by atoms with van der Waals surface area (Å²) in [5, 5.41) is 12.6. The summed E-state index contributed by atoms with van der Waals surface area (Å²) in [7, 11) is 0. The number of rotatable bonds is 5. The Morgan fingerprint density at radius 3 is 2.35 bits per heavy atom. The molecule has 1 amide bonds. The zero-order chi connectivity index (χ0) is 16.0. The van der Waals surface area contributed by atoms with Crippen LogP contribution in [-0.2, 0) is 16.0 Å². The summed E-state index contributed by atoms with van der Waals surface area (Å²) in [6.45, 7) is 0.556. The third-order valence-electron chi connectivity index (χ3n) is 5.80. The van der Waals surface area contributed by atoms with Gasteiger partial charge in [-0.1, -0.05) is 42.5 Å². The zero-order valence-corrected chi connectivity index (χ0v) is 12.9. The number of hydrogen-bond donors (Lipinski definition) is 2. The van der Waals surface area contributed by atoms with Crippen molar-refractivity contribution >= 4 is 11.9 Å². The maximum absolute atomic E-state index is 12.6. The third kappa shape index (κ3) is 2.46. The molecule has 2 bridgehead atoms. The van der Waals surface area contributed by atoms with Crippen LogP contribution in [0.1, 0.15) is 12.0 Å². The molecule has 0 unspecified atom stereocenters. The van der Waals surface area contributed by atoms with Gasteiger partial charge in [-0.25, -0.2) is 0 Å². The molecule has 5 rings (SSSR count). The Hall–Kier alpha value is -2.10. The van der Waals surface area contributed by atoms with E-state index in [1.54, 1.807) is 0 Å². The molecule has 0 spiro atoms. The van der Waals surface area contributed by atoms with Crippen LogP contribution in [0.4, 0.5) is 0 Å². The minimum absolute atomic E-state index is 0.0485. The van der Waals surface area contributed by atoms with Crippen molar-refractivity contribution in [3.05, 3.63) is 48.0 Å². The number of carbonyl (C=O) groups is 2. The fourth-order valence-electron chi connectivity index (χ4n) is 4.66. The molecule has 120 valence electrons. The zero-order valence-electron chi connectivity index (χ0n) is 12.9. The topological polar surface area (TPSA) is 66.4 Å². The van der Waals surface area contributed by atoms with Gasteiger partial charge < -0.3 is 10.4 Å². The van der Waals surface area contributed by atoms with Crippen molar-refractivity contribution in [1.82, 2.24) is 5.32 Å². The predicted molar refractivity (Wildman–Crippen MR) is 85.5 cm³/mol. The van der Waals surface area contributed by atoms with Gasteiger partial charge in [0.25, 0.3) is 0 Å². The molecule has 0 aromatic heterocycles. The molecule has 4 nitrogen and oxygen atoms in total. The smallest absolute Gasteiger partial charge is 0.307 e. The average Bonchev–Trinajstić information content (AvgIpc) is 3.37. The van der Waals surface area contributed by atoms with Crippen molar-refractivity contribution in [1.29, 1.82) is 0 Å². The SMILES string of the molecule is O=C(O)[C@@H]1[C@H]2C=C[C@@H]([C@@H]3C[C@H]23)[C@@H]1C(=O)NCCc1ccccc1. The van der Waals surface area contributed by atoms with Crippen LogP contribution in [0.15, 0.2) is 42.5 Å². The molecule has 4 aliphatic carbocycles. The average molecular weight is 311 g/mol. The number of fused-ring (bicyclic) bond motifs is 1. The van der Waals surface area contributed by atoms with Gasteiger partial charge in [0.1, 0.15) is 0 Å². The summed E-state index contributed by atoms with van der Waals surface area (Å²) >= 11 is 0. The van der Waals surface area contributed by atoms with Crippen LogP contribution >= 0.6 is 0 Å². The van der Waals surface area contributed by atoms with Gasteiger partial charge >= 0.3 is 5.97 Å². The largest absolute Gasteiger partial charge is 0.481 e. The highest BCUT2D eigenvalue weighted by atomic mass is 16.4. The van der Waals surface area contributed by atoms with Crippen LogP contribution < -0.4 is 5.32 Å². The summed E-state index contributed by atoms with van der Waals surface area (Å²) in [5.41, 5.74) is 1.18. The number of carboxylic acid groups (broad SMARTS) is 1. The number of amides is 1. The molecule has 23 heavy (non-hydrogen) atoms. The van der Waals surface area contributed by atoms with E-state index in [2.05, 4.69) is 11.4 Å². The van der Waals surface area contributed by atoms with Crippen LogP contribution in [0.5, 0.6) is 0 Å². The maximum atomic E-state index is 12.6. The Morgan fingerprint density at radius 2 is 1.70 bits per heavy atom. The van der Waals surface area contributed by atoms with Crippen molar-refractivity contribution in [3.8, 4) is 0 Å². The van der Waals surface area contributed by atoms with Gasteiger partial charge in [-0.05, 0) is 42.1 Å². The highest BCUT2D eigenvalue weighted by Crippen LogP contribution is 2.63. The molecule has 0 heterocycles. The van der Waals surface area contributed by atoms with Crippen LogP contribution in [-0.4, -0.2) is 23.5 Å². The fraction of sp³-hybridized carbons (Fsp3) is 0.474. The van der Waals surface area contributed by atoms with E-state index in [1.807, 2.05) is 36.4 Å². The molecule has 0 aliphatic heterocycles. The maximum Gasteiger partial charge on any atom is 0.307 e. The number of allylic oxidation sites excluding steroid dienone is 2. The minimum Gasteiger partial charge on any atom is -0.481 e. The Bertz CT molecular complexity index is 654. The van der Waals surface area contributed by atoms with Crippen molar-refractivity contribution in [2.45, 2.75) is 12.8 Å². The van der Waals surface area contributed by atoms with Crippen molar-refractivity contribution in [2.24, 2.45) is 35.5 Å². The normalized spacial score (nSPS) is 36.3. The first-order chi connectivity index (χ1) is 11.2. The second-order valence-electron chi connectivity index (χ2n) is 7.02.